The molecule has 1 aliphatic heterocycles. The number of allylic oxidation sites excluding steroid dienone is 1. The molecule has 0 saturated carbocycles. The molecule has 0 radical (unpaired) electrons. The first-order valence-corrected chi connectivity index (χ1v) is 10.2. The van der Waals surface area contributed by atoms with Crippen molar-refractivity contribution in [2.75, 3.05) is 5.08 Å². The standard InChI is InChI=1S/C18H26S3/c1-12-10-13(17(2,3)4)8-9-14(12)21-16-15(18(5,6)7)19-11-20-16/h8-10H,11H2,1-7H3. The third-order valence-electron chi connectivity index (χ3n) is 3.50. The predicted molar refractivity (Wildman–Crippen MR) is 102 cm³/mol. The topological polar surface area (TPSA) is 0 Å². The van der Waals surface area contributed by atoms with E-state index in [1.165, 1.54) is 20.3 Å². The summed E-state index contributed by atoms with van der Waals surface area (Å²) in [6.45, 7) is 16.0. The highest BCUT2D eigenvalue weighted by Crippen LogP contribution is 2.54. The Balaban J connectivity index is 2.29. The zero-order valence-corrected chi connectivity index (χ0v) is 16.6. The molecule has 116 valence electrons. The quantitative estimate of drug-likeness (QED) is 0.567. The van der Waals surface area contributed by atoms with Gasteiger partial charge in [0, 0.05) is 14.9 Å². The maximum absolute atomic E-state index is 2.35. The maximum atomic E-state index is 2.35. The minimum atomic E-state index is 0.224. The van der Waals surface area contributed by atoms with E-state index in [1.807, 2.05) is 35.3 Å². The molecule has 0 N–H and O–H groups in total. The Morgan fingerprint density at radius 3 is 2.14 bits per heavy atom. The normalized spacial score (nSPS) is 16.7. The molecule has 21 heavy (non-hydrogen) atoms. The van der Waals surface area contributed by atoms with Gasteiger partial charge in [-0.05, 0) is 34.9 Å². The van der Waals surface area contributed by atoms with E-state index in [2.05, 4.69) is 66.7 Å². The van der Waals surface area contributed by atoms with Crippen LogP contribution >= 0.6 is 35.3 Å². The Morgan fingerprint density at radius 2 is 1.62 bits per heavy atom. The van der Waals surface area contributed by atoms with Crippen LogP contribution in [0, 0.1) is 12.3 Å². The smallest absolute Gasteiger partial charge is 0.0559 e. The third kappa shape index (κ3) is 4.27. The first kappa shape index (κ1) is 17.4. The highest BCUT2D eigenvalue weighted by atomic mass is 32.2. The zero-order valence-electron chi connectivity index (χ0n) is 14.2. The van der Waals surface area contributed by atoms with E-state index < -0.39 is 0 Å². The number of hydrogen-bond donors (Lipinski definition) is 0. The van der Waals surface area contributed by atoms with Gasteiger partial charge in [0.1, 0.15) is 0 Å². The summed E-state index contributed by atoms with van der Waals surface area (Å²) in [5, 5.41) is 1.16. The summed E-state index contributed by atoms with van der Waals surface area (Å²) in [7, 11) is 0. The van der Waals surface area contributed by atoms with Crippen LogP contribution in [0.25, 0.3) is 0 Å². The van der Waals surface area contributed by atoms with Crippen molar-refractivity contribution in [2.45, 2.75) is 58.8 Å². The van der Waals surface area contributed by atoms with Gasteiger partial charge in [-0.2, -0.15) is 0 Å². The number of hydrogen-bond acceptors (Lipinski definition) is 3. The van der Waals surface area contributed by atoms with E-state index in [4.69, 9.17) is 0 Å². The molecule has 2 rings (SSSR count). The van der Waals surface area contributed by atoms with Crippen LogP contribution in [0.5, 0.6) is 0 Å². The molecule has 0 aromatic heterocycles. The van der Waals surface area contributed by atoms with Gasteiger partial charge >= 0.3 is 0 Å². The fraction of sp³-hybridized carbons (Fsp3) is 0.556. The predicted octanol–water partition coefficient (Wildman–Crippen LogP) is 7.04. The summed E-state index contributed by atoms with van der Waals surface area (Å²) in [6.07, 6.45) is 0. The number of thioether (sulfide) groups is 3. The minimum Gasteiger partial charge on any atom is -0.117 e. The van der Waals surface area contributed by atoms with E-state index in [9.17, 15) is 0 Å². The summed E-state index contributed by atoms with van der Waals surface area (Å²) in [6, 6.07) is 6.95. The first-order valence-electron chi connectivity index (χ1n) is 7.38. The van der Waals surface area contributed by atoms with Crippen molar-refractivity contribution in [3.63, 3.8) is 0 Å². The number of benzene rings is 1. The molecule has 0 aliphatic carbocycles. The minimum absolute atomic E-state index is 0.224. The van der Waals surface area contributed by atoms with Gasteiger partial charge in [0.15, 0.2) is 0 Å². The van der Waals surface area contributed by atoms with Crippen LogP contribution in [-0.2, 0) is 5.41 Å². The molecule has 3 heteroatoms. The summed E-state index contributed by atoms with van der Waals surface area (Å²) < 4.78 is 1.50. The summed E-state index contributed by atoms with van der Waals surface area (Å²) in [4.78, 5) is 2.95. The first-order chi connectivity index (χ1) is 9.59. The Bertz CT molecular complexity index is 557. The van der Waals surface area contributed by atoms with Gasteiger partial charge in [-0.15, -0.1) is 23.5 Å². The van der Waals surface area contributed by atoms with E-state index >= 15 is 0 Å². The second-order valence-corrected chi connectivity index (χ2v) is 11.3. The molecule has 0 unspecified atom stereocenters. The molecule has 1 aliphatic rings. The van der Waals surface area contributed by atoms with Crippen molar-refractivity contribution in [3.05, 3.63) is 38.5 Å². The third-order valence-corrected chi connectivity index (χ3v) is 7.95. The lowest BCUT2D eigenvalue weighted by Crippen LogP contribution is -2.11. The van der Waals surface area contributed by atoms with Crippen LogP contribution in [-0.4, -0.2) is 5.08 Å². The van der Waals surface area contributed by atoms with E-state index in [0.29, 0.717) is 0 Å². The highest BCUT2D eigenvalue weighted by Gasteiger charge is 2.27. The van der Waals surface area contributed by atoms with Crippen molar-refractivity contribution in [1.29, 1.82) is 0 Å². The van der Waals surface area contributed by atoms with E-state index in [0.717, 1.165) is 5.08 Å². The molecule has 0 atom stereocenters. The molecule has 0 bridgehead atoms. The van der Waals surface area contributed by atoms with E-state index in [-0.39, 0.29) is 10.8 Å². The monoisotopic (exact) mass is 338 g/mol. The maximum Gasteiger partial charge on any atom is 0.0559 e. The van der Waals surface area contributed by atoms with E-state index in [1.54, 1.807) is 4.91 Å². The van der Waals surface area contributed by atoms with Crippen molar-refractivity contribution < 1.29 is 0 Å². The lowest BCUT2D eigenvalue weighted by molar-refractivity contribution is 0.534. The number of rotatable bonds is 2. The Kier molecular flexibility index (Phi) is 5.17. The summed E-state index contributed by atoms with van der Waals surface area (Å²) in [5.41, 5.74) is 3.30. The lowest BCUT2D eigenvalue weighted by Gasteiger charge is -2.22. The molecule has 0 saturated heterocycles. The van der Waals surface area contributed by atoms with Crippen LogP contribution < -0.4 is 0 Å². The lowest BCUT2D eigenvalue weighted by atomic mass is 9.86. The molecular formula is C18H26S3. The summed E-state index contributed by atoms with van der Waals surface area (Å²) in [5.74, 6) is 0. The fourth-order valence-corrected chi connectivity index (χ4v) is 6.87. The van der Waals surface area contributed by atoms with Gasteiger partial charge in [0.25, 0.3) is 0 Å². The zero-order chi connectivity index (χ0) is 15.8. The molecular weight excluding hydrogens is 312 g/mol. The van der Waals surface area contributed by atoms with Crippen molar-refractivity contribution in [3.8, 4) is 0 Å². The van der Waals surface area contributed by atoms with Crippen molar-refractivity contribution in [1.82, 2.24) is 0 Å². The van der Waals surface area contributed by atoms with Crippen LogP contribution in [0.4, 0.5) is 0 Å². The van der Waals surface area contributed by atoms with Crippen LogP contribution in [0.15, 0.2) is 32.2 Å². The highest BCUT2D eigenvalue weighted by molar-refractivity contribution is 8.31. The molecule has 0 nitrogen and oxygen atoms in total. The fourth-order valence-electron chi connectivity index (χ4n) is 2.20. The van der Waals surface area contributed by atoms with Crippen LogP contribution in [0.2, 0.25) is 0 Å². The number of aryl methyl sites for hydroxylation is 1. The molecule has 0 spiro atoms. The largest absolute Gasteiger partial charge is 0.117 e. The average molecular weight is 339 g/mol. The van der Waals surface area contributed by atoms with Crippen LogP contribution in [0.1, 0.15) is 52.7 Å². The SMILES string of the molecule is Cc1cc(C(C)(C)C)ccc1SC1=C(C(C)(C)C)SCS1. The van der Waals surface area contributed by atoms with Gasteiger partial charge in [0.05, 0.1) is 4.24 Å². The summed E-state index contributed by atoms with van der Waals surface area (Å²) >= 11 is 5.96. The van der Waals surface area contributed by atoms with Gasteiger partial charge in [-0.25, -0.2) is 0 Å². The Labute approximate surface area is 142 Å². The second kappa shape index (κ2) is 6.25. The molecule has 0 fully saturated rings. The Hall–Kier alpha value is 0.01000. The van der Waals surface area contributed by atoms with Gasteiger partial charge in [-0.1, -0.05) is 65.4 Å². The average Bonchev–Trinajstić information content (AvgIpc) is 2.78. The van der Waals surface area contributed by atoms with Gasteiger partial charge < -0.3 is 0 Å². The van der Waals surface area contributed by atoms with Crippen LogP contribution in [0.3, 0.4) is 0 Å². The van der Waals surface area contributed by atoms with Crippen molar-refractivity contribution in [2.24, 2.45) is 5.41 Å². The molecule has 0 amide bonds. The second-order valence-electron chi connectivity index (χ2n) is 7.61. The molecule has 1 aromatic rings. The Morgan fingerprint density at radius 1 is 0.952 bits per heavy atom. The van der Waals surface area contributed by atoms with Crippen molar-refractivity contribution >= 4 is 35.3 Å². The van der Waals surface area contributed by atoms with Gasteiger partial charge in [-0.3, -0.25) is 0 Å². The molecule has 1 heterocycles. The van der Waals surface area contributed by atoms with Gasteiger partial charge in [0.2, 0.25) is 0 Å². The molecule has 1 aromatic carbocycles.